The van der Waals surface area contributed by atoms with Crippen LogP contribution in [0.15, 0.2) is 35.7 Å². The van der Waals surface area contributed by atoms with Gasteiger partial charge in [0.1, 0.15) is 13.2 Å². The Labute approximate surface area is 145 Å². The van der Waals surface area contributed by atoms with E-state index in [4.69, 9.17) is 9.47 Å². The second-order valence-corrected chi connectivity index (χ2v) is 7.35. The molecule has 2 heterocycles. The molecule has 1 N–H and O–H groups in total. The molecular formula is C19H21NO3S. The van der Waals surface area contributed by atoms with Crippen LogP contribution in [0.3, 0.4) is 0 Å². The van der Waals surface area contributed by atoms with Crippen molar-refractivity contribution in [1.82, 2.24) is 5.32 Å². The minimum absolute atomic E-state index is 0.0442. The number of benzene rings is 1. The summed E-state index contributed by atoms with van der Waals surface area (Å²) in [6, 6.07) is 9.69. The SMILES string of the molecule is O=C(N[C@H](c1cccs1)C1CCCC1)c1ccc2c(c1)OCCO2. The van der Waals surface area contributed by atoms with Gasteiger partial charge in [-0.1, -0.05) is 18.9 Å². The summed E-state index contributed by atoms with van der Waals surface area (Å²) >= 11 is 1.72. The number of ether oxygens (including phenoxy) is 2. The first-order chi connectivity index (χ1) is 11.8. The Morgan fingerprint density at radius 1 is 1.12 bits per heavy atom. The topological polar surface area (TPSA) is 47.6 Å². The lowest BCUT2D eigenvalue weighted by molar-refractivity contribution is 0.0921. The van der Waals surface area contributed by atoms with Gasteiger partial charge in [-0.3, -0.25) is 4.79 Å². The van der Waals surface area contributed by atoms with Crippen molar-refractivity contribution in [2.75, 3.05) is 13.2 Å². The zero-order valence-corrected chi connectivity index (χ0v) is 14.3. The Hall–Kier alpha value is -2.01. The molecule has 1 saturated carbocycles. The lowest BCUT2D eigenvalue weighted by Gasteiger charge is -2.24. The molecule has 24 heavy (non-hydrogen) atoms. The van der Waals surface area contributed by atoms with Gasteiger partial charge in [0.05, 0.1) is 6.04 Å². The second kappa shape index (κ2) is 6.85. The van der Waals surface area contributed by atoms with E-state index >= 15 is 0 Å². The van der Waals surface area contributed by atoms with Crippen LogP contribution < -0.4 is 14.8 Å². The molecule has 0 radical (unpaired) electrons. The number of fused-ring (bicyclic) bond motifs is 1. The molecule has 0 saturated heterocycles. The van der Waals surface area contributed by atoms with Gasteiger partial charge < -0.3 is 14.8 Å². The van der Waals surface area contributed by atoms with E-state index < -0.39 is 0 Å². The van der Waals surface area contributed by atoms with Crippen LogP contribution in [0.5, 0.6) is 11.5 Å². The molecule has 4 rings (SSSR count). The first-order valence-electron chi connectivity index (χ1n) is 8.55. The van der Waals surface area contributed by atoms with Crippen LogP contribution in [0.1, 0.15) is 47.0 Å². The maximum atomic E-state index is 12.8. The molecule has 0 unspecified atom stereocenters. The molecule has 2 aliphatic rings. The maximum Gasteiger partial charge on any atom is 0.251 e. The van der Waals surface area contributed by atoms with Crippen LogP contribution in [0.25, 0.3) is 0 Å². The number of nitrogens with one attached hydrogen (secondary N) is 1. The van der Waals surface area contributed by atoms with Crippen molar-refractivity contribution < 1.29 is 14.3 Å². The molecular weight excluding hydrogens is 322 g/mol. The van der Waals surface area contributed by atoms with Gasteiger partial charge >= 0.3 is 0 Å². The van der Waals surface area contributed by atoms with E-state index in [9.17, 15) is 4.79 Å². The first kappa shape index (κ1) is 15.5. The van der Waals surface area contributed by atoms with Gasteiger partial charge in [-0.15, -0.1) is 11.3 Å². The minimum Gasteiger partial charge on any atom is -0.486 e. The summed E-state index contributed by atoms with van der Waals surface area (Å²) in [6.45, 7) is 1.08. The molecule has 1 aliphatic carbocycles. The number of thiophene rings is 1. The molecule has 0 spiro atoms. The first-order valence-corrected chi connectivity index (χ1v) is 9.43. The predicted molar refractivity (Wildman–Crippen MR) is 93.9 cm³/mol. The fraction of sp³-hybridized carbons (Fsp3) is 0.421. The zero-order chi connectivity index (χ0) is 16.4. The molecule has 5 heteroatoms. The van der Waals surface area contributed by atoms with Gasteiger partial charge in [0, 0.05) is 10.4 Å². The average molecular weight is 343 g/mol. The number of rotatable bonds is 4. The van der Waals surface area contributed by atoms with Crippen molar-refractivity contribution in [3.05, 3.63) is 46.2 Å². The van der Waals surface area contributed by atoms with Crippen LogP contribution in [-0.4, -0.2) is 19.1 Å². The smallest absolute Gasteiger partial charge is 0.251 e. The van der Waals surface area contributed by atoms with E-state index in [1.807, 2.05) is 12.1 Å². The highest BCUT2D eigenvalue weighted by atomic mass is 32.1. The Kier molecular flexibility index (Phi) is 4.43. The molecule has 1 fully saturated rings. The third kappa shape index (κ3) is 3.13. The normalized spacial score (nSPS) is 18.3. The summed E-state index contributed by atoms with van der Waals surface area (Å²) in [5, 5.41) is 5.34. The van der Waals surface area contributed by atoms with Crippen molar-refractivity contribution in [3.63, 3.8) is 0 Å². The molecule has 1 aromatic carbocycles. The van der Waals surface area contributed by atoms with Crippen molar-refractivity contribution >= 4 is 17.2 Å². The van der Waals surface area contributed by atoms with Gasteiger partial charge in [-0.05, 0) is 48.4 Å². The Bertz CT molecular complexity index is 707. The van der Waals surface area contributed by atoms with Crippen LogP contribution >= 0.6 is 11.3 Å². The summed E-state index contributed by atoms with van der Waals surface area (Å²) in [6.07, 6.45) is 4.88. The number of carbonyl (C=O) groups is 1. The molecule has 1 amide bonds. The maximum absolute atomic E-state index is 12.8. The lowest BCUT2D eigenvalue weighted by Crippen LogP contribution is -2.32. The van der Waals surface area contributed by atoms with E-state index in [0.717, 1.165) is 0 Å². The van der Waals surface area contributed by atoms with Crippen molar-refractivity contribution in [3.8, 4) is 11.5 Å². The molecule has 0 bridgehead atoms. The van der Waals surface area contributed by atoms with E-state index in [-0.39, 0.29) is 11.9 Å². The number of amides is 1. The summed E-state index contributed by atoms with van der Waals surface area (Å²) in [5.41, 5.74) is 0.624. The quantitative estimate of drug-likeness (QED) is 0.906. The standard InChI is InChI=1S/C19H21NO3S/c21-19(14-7-8-15-16(12-14)23-10-9-22-15)20-18(13-4-1-2-5-13)17-6-3-11-24-17/h3,6-8,11-13,18H,1-2,4-5,9-10H2,(H,20,21)/t18-/m0/s1. The fourth-order valence-corrected chi connectivity index (χ4v) is 4.46. The molecule has 1 aliphatic heterocycles. The molecule has 126 valence electrons. The van der Waals surface area contributed by atoms with Gasteiger partial charge in [0.2, 0.25) is 0 Å². The Morgan fingerprint density at radius 2 is 1.92 bits per heavy atom. The van der Waals surface area contributed by atoms with Crippen LogP contribution in [-0.2, 0) is 0 Å². The summed E-state index contributed by atoms with van der Waals surface area (Å²) in [5.74, 6) is 1.85. The lowest BCUT2D eigenvalue weighted by atomic mass is 9.96. The summed E-state index contributed by atoms with van der Waals surface area (Å²) in [4.78, 5) is 14.0. The fourth-order valence-electron chi connectivity index (χ4n) is 3.59. The molecule has 1 atom stereocenters. The largest absolute Gasteiger partial charge is 0.486 e. The predicted octanol–water partition coefficient (Wildman–Crippen LogP) is 4.18. The monoisotopic (exact) mass is 343 g/mol. The van der Waals surface area contributed by atoms with Crippen molar-refractivity contribution in [1.29, 1.82) is 0 Å². The third-order valence-corrected chi connectivity index (χ3v) is 5.77. The summed E-state index contributed by atoms with van der Waals surface area (Å²) in [7, 11) is 0. The van der Waals surface area contributed by atoms with E-state index in [2.05, 4.69) is 22.8 Å². The number of hydrogen-bond donors (Lipinski definition) is 1. The Morgan fingerprint density at radius 3 is 2.67 bits per heavy atom. The Balaban J connectivity index is 1.54. The zero-order valence-electron chi connectivity index (χ0n) is 13.5. The molecule has 2 aromatic rings. The average Bonchev–Trinajstić information content (AvgIpc) is 3.33. The van der Waals surface area contributed by atoms with E-state index in [1.54, 1.807) is 17.4 Å². The van der Waals surface area contributed by atoms with E-state index in [1.165, 1.54) is 30.6 Å². The van der Waals surface area contributed by atoms with Crippen molar-refractivity contribution in [2.45, 2.75) is 31.7 Å². The second-order valence-electron chi connectivity index (χ2n) is 6.37. The highest BCUT2D eigenvalue weighted by Crippen LogP contribution is 2.38. The van der Waals surface area contributed by atoms with Gasteiger partial charge in [0.15, 0.2) is 11.5 Å². The minimum atomic E-state index is -0.0442. The van der Waals surface area contributed by atoms with Gasteiger partial charge in [-0.25, -0.2) is 0 Å². The molecule has 1 aromatic heterocycles. The van der Waals surface area contributed by atoms with Crippen LogP contribution in [0.2, 0.25) is 0 Å². The molecule has 4 nitrogen and oxygen atoms in total. The van der Waals surface area contributed by atoms with Gasteiger partial charge in [-0.2, -0.15) is 0 Å². The van der Waals surface area contributed by atoms with E-state index in [0.29, 0.717) is 36.2 Å². The van der Waals surface area contributed by atoms with Gasteiger partial charge in [0.25, 0.3) is 5.91 Å². The number of hydrogen-bond acceptors (Lipinski definition) is 4. The number of carbonyl (C=O) groups excluding carboxylic acids is 1. The highest BCUT2D eigenvalue weighted by Gasteiger charge is 2.29. The van der Waals surface area contributed by atoms with Crippen LogP contribution in [0, 0.1) is 5.92 Å². The third-order valence-electron chi connectivity index (χ3n) is 4.81. The van der Waals surface area contributed by atoms with Crippen molar-refractivity contribution in [2.24, 2.45) is 5.92 Å². The van der Waals surface area contributed by atoms with Crippen LogP contribution in [0.4, 0.5) is 0 Å². The highest BCUT2D eigenvalue weighted by molar-refractivity contribution is 7.10. The summed E-state index contributed by atoms with van der Waals surface area (Å²) < 4.78 is 11.1.